The highest BCUT2D eigenvalue weighted by Crippen LogP contribution is 2.66. The highest BCUT2D eigenvalue weighted by Gasteiger charge is 2.61. The van der Waals surface area contributed by atoms with Gasteiger partial charge < -0.3 is 5.11 Å². The lowest BCUT2D eigenvalue weighted by molar-refractivity contribution is -0.159. The number of rotatable bonds is 4. The van der Waals surface area contributed by atoms with Gasteiger partial charge in [-0.3, -0.25) is 9.69 Å². The molecule has 10 heteroatoms. The van der Waals surface area contributed by atoms with E-state index in [9.17, 15) is 31.5 Å². The van der Waals surface area contributed by atoms with Gasteiger partial charge in [0, 0.05) is 43.6 Å². The molecule has 240 valence electrons. The van der Waals surface area contributed by atoms with Crippen molar-refractivity contribution in [1.29, 1.82) is 0 Å². The number of halogens is 3. The van der Waals surface area contributed by atoms with Crippen LogP contribution >= 0.6 is 0 Å². The van der Waals surface area contributed by atoms with Gasteiger partial charge in [0.05, 0.1) is 16.1 Å². The highest BCUT2D eigenvalue weighted by molar-refractivity contribution is 7.89. The lowest BCUT2D eigenvalue weighted by Crippen LogP contribution is -2.62. The Balaban J connectivity index is 1.14. The summed E-state index contributed by atoms with van der Waals surface area (Å²) in [5.41, 5.74) is -2.02. The molecule has 5 fully saturated rings. The van der Waals surface area contributed by atoms with Crippen molar-refractivity contribution in [3.8, 4) is 0 Å². The molecule has 43 heavy (non-hydrogen) atoms. The van der Waals surface area contributed by atoms with Gasteiger partial charge in [-0.05, 0) is 106 Å². The summed E-state index contributed by atoms with van der Waals surface area (Å²) in [6, 6.07) is 3.58. The Morgan fingerprint density at radius 3 is 2.40 bits per heavy atom. The van der Waals surface area contributed by atoms with E-state index in [4.69, 9.17) is 0 Å². The molecule has 1 aromatic rings. The summed E-state index contributed by atoms with van der Waals surface area (Å²) in [4.78, 5) is 14.2. The van der Waals surface area contributed by atoms with Crippen LogP contribution in [0, 0.1) is 34.5 Å². The molecule has 0 amide bonds. The third kappa shape index (κ3) is 5.10. The van der Waals surface area contributed by atoms with Crippen LogP contribution in [0.2, 0.25) is 0 Å². The number of sulfonamides is 1. The number of carbonyl (C=O) groups is 1. The number of nitrogens with zero attached hydrogens (tertiary/aromatic N) is 2. The fourth-order valence-electron chi connectivity index (χ4n) is 10.4. The number of ketones is 1. The van der Waals surface area contributed by atoms with Crippen molar-refractivity contribution >= 4 is 15.8 Å². The molecule has 4 saturated carbocycles. The number of alkyl halides is 3. The summed E-state index contributed by atoms with van der Waals surface area (Å²) < 4.78 is 69.3. The molecule has 0 spiro atoms. The van der Waals surface area contributed by atoms with Crippen molar-refractivity contribution < 1.29 is 31.5 Å². The number of piperazine rings is 1. The van der Waals surface area contributed by atoms with Crippen LogP contribution in [-0.2, 0) is 21.0 Å². The number of fused-ring (bicyclic) bond motifs is 5. The first kappa shape index (κ1) is 31.5. The Morgan fingerprint density at radius 1 is 0.953 bits per heavy atom. The van der Waals surface area contributed by atoms with E-state index in [0.29, 0.717) is 55.4 Å². The van der Waals surface area contributed by atoms with E-state index in [1.807, 2.05) is 6.92 Å². The van der Waals surface area contributed by atoms with Crippen molar-refractivity contribution in [2.75, 3.05) is 19.6 Å². The first-order valence-corrected chi connectivity index (χ1v) is 17.6. The molecule has 9 atom stereocenters. The van der Waals surface area contributed by atoms with E-state index in [-0.39, 0.29) is 23.4 Å². The first-order valence-electron chi connectivity index (χ1n) is 16.2. The third-order valence-corrected chi connectivity index (χ3v) is 14.9. The molecule has 6 rings (SSSR count). The van der Waals surface area contributed by atoms with E-state index in [1.54, 1.807) is 6.92 Å². The van der Waals surface area contributed by atoms with Crippen LogP contribution in [0.5, 0.6) is 0 Å². The van der Waals surface area contributed by atoms with Gasteiger partial charge in [-0.2, -0.15) is 17.5 Å². The number of carbonyl (C=O) groups excluding carboxylic acids is 1. The summed E-state index contributed by atoms with van der Waals surface area (Å²) in [5.74, 6) is 2.54. The second kappa shape index (κ2) is 10.5. The van der Waals surface area contributed by atoms with Gasteiger partial charge in [0.1, 0.15) is 5.78 Å². The van der Waals surface area contributed by atoms with Gasteiger partial charge in [-0.25, -0.2) is 8.42 Å². The second-order valence-corrected chi connectivity index (χ2v) is 17.1. The lowest BCUT2D eigenvalue weighted by Gasteiger charge is -2.61. The summed E-state index contributed by atoms with van der Waals surface area (Å²) in [6.45, 7) is 9.11. The van der Waals surface area contributed by atoms with E-state index in [0.717, 1.165) is 57.1 Å². The number of β-amino-alcohol motifs (C(OH)–C–C–N with tert-alkyl or cyclic N) is 1. The van der Waals surface area contributed by atoms with Gasteiger partial charge >= 0.3 is 6.18 Å². The largest absolute Gasteiger partial charge is 0.417 e. The Morgan fingerprint density at radius 2 is 1.67 bits per heavy atom. The van der Waals surface area contributed by atoms with Gasteiger partial charge in [-0.1, -0.05) is 26.0 Å². The quantitative estimate of drug-likeness (QED) is 0.436. The van der Waals surface area contributed by atoms with E-state index in [1.165, 1.54) is 16.4 Å². The summed E-state index contributed by atoms with van der Waals surface area (Å²) >= 11 is 0. The number of aliphatic hydroxyl groups is 1. The first-order chi connectivity index (χ1) is 20.0. The van der Waals surface area contributed by atoms with Gasteiger partial charge in [-0.15, -0.1) is 0 Å². The molecule has 0 aromatic heterocycles. The molecule has 0 radical (unpaired) electrons. The molecule has 1 N–H and O–H groups in total. The molecular formula is C33H47F3N2O4S. The van der Waals surface area contributed by atoms with E-state index >= 15 is 0 Å². The predicted molar refractivity (Wildman–Crippen MR) is 158 cm³/mol. The second-order valence-electron chi connectivity index (χ2n) is 15.2. The molecular weight excluding hydrogens is 577 g/mol. The molecule has 6 nitrogen and oxygen atoms in total. The van der Waals surface area contributed by atoms with Crippen LogP contribution < -0.4 is 0 Å². The Kier molecular flexibility index (Phi) is 7.71. The minimum Gasteiger partial charge on any atom is -0.389 e. The Bertz CT molecular complexity index is 1370. The number of hydrogen-bond acceptors (Lipinski definition) is 5. The van der Waals surface area contributed by atoms with Crippen molar-refractivity contribution in [3.05, 3.63) is 29.8 Å². The topological polar surface area (TPSA) is 77.9 Å². The fraction of sp³-hybridized carbons (Fsp3) is 0.788. The van der Waals surface area contributed by atoms with Crippen LogP contribution in [0.15, 0.2) is 29.2 Å². The summed E-state index contributed by atoms with van der Waals surface area (Å²) in [7, 11) is -4.38. The minimum atomic E-state index is -4.77. The van der Waals surface area contributed by atoms with Crippen LogP contribution in [0.3, 0.4) is 0 Å². The normalized spacial score (nSPS) is 42.7. The van der Waals surface area contributed by atoms with Crippen LogP contribution in [0.25, 0.3) is 0 Å². The standard InChI is InChI=1S/C33H47F3N2O4S/c1-21-19-38(43(41,42)28-8-6-5-7-27(28)33(34,35)36)22(2)18-37(21)20-32(40)16-15-30(3)23(17-32)9-10-24-25-11-12-29(39)31(25,4)14-13-26(24)30/h5-8,21-26,40H,9-20H2,1-4H3/t21-,22+,23+,24+,25+,26+,30+,31-,32-/m1/s1. The maximum atomic E-state index is 13.7. The van der Waals surface area contributed by atoms with Gasteiger partial charge in [0.2, 0.25) is 10.0 Å². The third-order valence-electron chi connectivity index (χ3n) is 12.9. The maximum Gasteiger partial charge on any atom is 0.417 e. The molecule has 0 bridgehead atoms. The van der Waals surface area contributed by atoms with E-state index < -0.39 is 38.3 Å². The zero-order chi connectivity index (χ0) is 31.2. The van der Waals surface area contributed by atoms with Crippen LogP contribution in [-0.4, -0.2) is 65.8 Å². The average Bonchev–Trinajstić information content (AvgIpc) is 3.24. The zero-order valence-electron chi connectivity index (χ0n) is 25.9. The summed E-state index contributed by atoms with van der Waals surface area (Å²) in [5, 5.41) is 12.0. The van der Waals surface area contributed by atoms with Gasteiger partial charge in [0.15, 0.2) is 0 Å². The van der Waals surface area contributed by atoms with Gasteiger partial charge in [0.25, 0.3) is 0 Å². The number of benzene rings is 1. The number of hydrogen-bond donors (Lipinski definition) is 1. The van der Waals surface area contributed by atoms with Crippen LogP contribution in [0.4, 0.5) is 13.2 Å². The van der Waals surface area contributed by atoms with Crippen molar-refractivity contribution in [1.82, 2.24) is 9.21 Å². The fourth-order valence-corrected chi connectivity index (χ4v) is 12.3. The lowest BCUT2D eigenvalue weighted by atomic mass is 9.44. The van der Waals surface area contributed by atoms with E-state index in [2.05, 4.69) is 18.7 Å². The van der Waals surface area contributed by atoms with Crippen molar-refractivity contribution in [3.63, 3.8) is 0 Å². The Hall–Kier alpha value is -1.49. The Labute approximate surface area is 254 Å². The molecule has 1 saturated heterocycles. The van der Waals surface area contributed by atoms with Crippen molar-refractivity contribution in [2.24, 2.45) is 34.5 Å². The SMILES string of the molecule is C[C@@H]1CN(S(=O)(=O)c2ccccc2C(F)(F)F)[C@@H](C)CN1C[C@@]1(O)CC[C@@]2(C)[C@@H](CC[C@@H]3[C@@H]2CC[C@@]2(C)C(=O)CC[C@@H]32)C1. The minimum absolute atomic E-state index is 0.0650. The van der Waals surface area contributed by atoms with Crippen LogP contribution in [0.1, 0.15) is 91.0 Å². The predicted octanol–water partition coefficient (Wildman–Crippen LogP) is 6.13. The molecule has 0 unspecified atom stereocenters. The number of Topliss-reactive ketones (excluding diaryl/α,β-unsaturated/α-hetero) is 1. The maximum absolute atomic E-state index is 13.7. The zero-order valence-corrected chi connectivity index (χ0v) is 26.7. The molecule has 1 heterocycles. The average molecular weight is 625 g/mol. The summed E-state index contributed by atoms with van der Waals surface area (Å²) in [6.07, 6.45) is 3.59. The molecule has 5 aliphatic rings. The van der Waals surface area contributed by atoms with Crippen molar-refractivity contribution in [2.45, 2.75) is 114 Å². The highest BCUT2D eigenvalue weighted by atomic mass is 32.2. The molecule has 1 aliphatic heterocycles. The molecule has 1 aromatic carbocycles. The molecule has 4 aliphatic carbocycles. The smallest absolute Gasteiger partial charge is 0.389 e. The monoisotopic (exact) mass is 624 g/mol.